The van der Waals surface area contributed by atoms with Crippen LogP contribution in [-0.2, 0) is 0 Å². The molecule has 19 heavy (non-hydrogen) atoms. The lowest BCUT2D eigenvalue weighted by Gasteiger charge is -2.02. The summed E-state index contributed by atoms with van der Waals surface area (Å²) >= 11 is 0. The molecule has 98 valence electrons. The lowest BCUT2D eigenvalue weighted by molar-refractivity contribution is 0.177. The highest BCUT2D eigenvalue weighted by molar-refractivity contribution is 5.81. The van der Waals surface area contributed by atoms with Crippen molar-refractivity contribution in [1.29, 1.82) is 0 Å². The number of nitrogens with zero attached hydrogens (tertiary/aromatic N) is 2. The van der Waals surface area contributed by atoms with Gasteiger partial charge in [0.25, 0.3) is 0 Å². The standard InChI is InChI=1S/C13H15N5O/c1-7-16-9-3-2-8(4-10(9)17-7)11-6-15-13(18-11)12(19)5-14/h2-4,6,12,19H,5,14H2,1H3,(H,15,18)(H,16,17). The average Bonchev–Trinajstić information content (AvgIpc) is 3.01. The summed E-state index contributed by atoms with van der Waals surface area (Å²) < 4.78 is 0. The third-order valence-corrected chi connectivity index (χ3v) is 3.05. The maximum absolute atomic E-state index is 9.63. The number of imidazole rings is 2. The van der Waals surface area contributed by atoms with Crippen LogP contribution in [0.1, 0.15) is 17.8 Å². The minimum atomic E-state index is -0.758. The molecule has 1 aromatic carbocycles. The van der Waals surface area contributed by atoms with Crippen LogP contribution in [0, 0.1) is 6.92 Å². The largest absolute Gasteiger partial charge is 0.384 e. The Morgan fingerprint density at radius 2 is 2.21 bits per heavy atom. The summed E-state index contributed by atoms with van der Waals surface area (Å²) in [6, 6.07) is 5.92. The Kier molecular flexibility index (Phi) is 2.81. The minimum absolute atomic E-state index is 0.145. The van der Waals surface area contributed by atoms with Crippen LogP contribution in [0.4, 0.5) is 0 Å². The van der Waals surface area contributed by atoms with Crippen LogP contribution in [0.25, 0.3) is 22.3 Å². The van der Waals surface area contributed by atoms with Gasteiger partial charge >= 0.3 is 0 Å². The number of aryl methyl sites for hydroxylation is 1. The number of aliphatic hydroxyl groups excluding tert-OH is 1. The van der Waals surface area contributed by atoms with Gasteiger partial charge in [-0.1, -0.05) is 6.07 Å². The molecule has 0 aliphatic rings. The predicted octanol–water partition coefficient (Wildman–Crippen LogP) is 1.25. The van der Waals surface area contributed by atoms with Crippen LogP contribution in [0.15, 0.2) is 24.4 Å². The van der Waals surface area contributed by atoms with Gasteiger partial charge in [0.2, 0.25) is 0 Å². The molecule has 2 heterocycles. The normalized spacial score (nSPS) is 13.0. The molecule has 5 N–H and O–H groups in total. The van der Waals surface area contributed by atoms with Gasteiger partial charge in [0.15, 0.2) is 0 Å². The minimum Gasteiger partial charge on any atom is -0.384 e. The molecule has 0 saturated heterocycles. The zero-order valence-corrected chi connectivity index (χ0v) is 10.5. The van der Waals surface area contributed by atoms with E-state index in [1.807, 2.05) is 25.1 Å². The monoisotopic (exact) mass is 257 g/mol. The third kappa shape index (κ3) is 2.11. The fraction of sp³-hybridized carbons (Fsp3) is 0.231. The SMILES string of the molecule is Cc1nc2ccc(-c3cnc(C(O)CN)[nH]3)cc2[nH]1. The fourth-order valence-electron chi connectivity index (χ4n) is 2.07. The van der Waals surface area contributed by atoms with E-state index < -0.39 is 6.10 Å². The topological polar surface area (TPSA) is 104 Å². The number of aromatic amines is 2. The number of fused-ring (bicyclic) bond motifs is 1. The lowest BCUT2D eigenvalue weighted by atomic mass is 10.1. The van der Waals surface area contributed by atoms with Crippen LogP contribution in [0.5, 0.6) is 0 Å². The second kappa shape index (κ2) is 4.49. The van der Waals surface area contributed by atoms with Crippen LogP contribution in [0.2, 0.25) is 0 Å². The average molecular weight is 257 g/mol. The Labute approximate surface area is 109 Å². The van der Waals surface area contributed by atoms with Crippen molar-refractivity contribution in [2.24, 2.45) is 5.73 Å². The number of hydrogen-bond acceptors (Lipinski definition) is 4. The van der Waals surface area contributed by atoms with E-state index in [1.54, 1.807) is 6.20 Å². The second-order valence-corrected chi connectivity index (χ2v) is 4.49. The molecule has 0 bridgehead atoms. The molecule has 0 saturated carbocycles. The van der Waals surface area contributed by atoms with E-state index >= 15 is 0 Å². The van der Waals surface area contributed by atoms with E-state index in [2.05, 4.69) is 19.9 Å². The number of hydrogen-bond donors (Lipinski definition) is 4. The predicted molar refractivity (Wildman–Crippen MR) is 72.4 cm³/mol. The second-order valence-electron chi connectivity index (χ2n) is 4.49. The molecular formula is C13H15N5O. The molecule has 0 radical (unpaired) electrons. The molecule has 0 aliphatic heterocycles. The summed E-state index contributed by atoms with van der Waals surface area (Å²) in [5.41, 5.74) is 9.15. The van der Waals surface area contributed by atoms with Crippen LogP contribution in [-0.4, -0.2) is 31.6 Å². The molecule has 6 nitrogen and oxygen atoms in total. The smallest absolute Gasteiger partial charge is 0.136 e. The molecule has 0 amide bonds. The van der Waals surface area contributed by atoms with Crippen molar-refractivity contribution in [1.82, 2.24) is 19.9 Å². The van der Waals surface area contributed by atoms with Crippen LogP contribution < -0.4 is 5.73 Å². The van der Waals surface area contributed by atoms with Crippen molar-refractivity contribution in [3.05, 3.63) is 36.0 Å². The van der Waals surface area contributed by atoms with Crippen LogP contribution in [0.3, 0.4) is 0 Å². The Hall–Kier alpha value is -2.18. The molecule has 0 aliphatic carbocycles. The Morgan fingerprint density at radius 1 is 1.37 bits per heavy atom. The van der Waals surface area contributed by atoms with Crippen molar-refractivity contribution >= 4 is 11.0 Å². The first kappa shape index (κ1) is 11.9. The summed E-state index contributed by atoms with van der Waals surface area (Å²) in [6.45, 7) is 2.07. The first-order valence-electron chi connectivity index (χ1n) is 6.07. The number of rotatable bonds is 3. The quantitative estimate of drug-likeness (QED) is 0.567. The molecule has 3 rings (SSSR count). The zero-order chi connectivity index (χ0) is 13.4. The maximum atomic E-state index is 9.63. The Morgan fingerprint density at radius 3 is 3.00 bits per heavy atom. The van der Waals surface area contributed by atoms with Crippen molar-refractivity contribution in [2.45, 2.75) is 13.0 Å². The molecule has 1 unspecified atom stereocenters. The van der Waals surface area contributed by atoms with Crippen molar-refractivity contribution < 1.29 is 5.11 Å². The molecule has 2 aromatic heterocycles. The number of nitrogens with two attached hydrogens (primary N) is 1. The maximum Gasteiger partial charge on any atom is 0.136 e. The molecule has 0 fully saturated rings. The molecule has 6 heteroatoms. The highest BCUT2D eigenvalue weighted by Crippen LogP contribution is 2.23. The zero-order valence-electron chi connectivity index (χ0n) is 10.5. The molecular weight excluding hydrogens is 242 g/mol. The third-order valence-electron chi connectivity index (χ3n) is 3.05. The van der Waals surface area contributed by atoms with Gasteiger partial charge in [0.05, 0.1) is 22.9 Å². The number of aromatic nitrogens is 4. The van der Waals surface area contributed by atoms with E-state index in [1.165, 1.54) is 0 Å². The van der Waals surface area contributed by atoms with Gasteiger partial charge in [-0.2, -0.15) is 0 Å². The van der Waals surface area contributed by atoms with Gasteiger partial charge < -0.3 is 20.8 Å². The van der Waals surface area contributed by atoms with Gasteiger partial charge in [0.1, 0.15) is 17.8 Å². The van der Waals surface area contributed by atoms with E-state index in [0.29, 0.717) is 5.82 Å². The van der Waals surface area contributed by atoms with Gasteiger partial charge in [-0.3, -0.25) is 0 Å². The summed E-state index contributed by atoms with van der Waals surface area (Å²) in [4.78, 5) is 14.8. The lowest BCUT2D eigenvalue weighted by Crippen LogP contribution is -2.12. The van der Waals surface area contributed by atoms with Crippen molar-refractivity contribution in [2.75, 3.05) is 6.54 Å². The highest BCUT2D eigenvalue weighted by atomic mass is 16.3. The Balaban J connectivity index is 2.01. The summed E-state index contributed by atoms with van der Waals surface area (Å²) in [7, 11) is 0. The summed E-state index contributed by atoms with van der Waals surface area (Å²) in [5, 5.41) is 9.63. The molecule has 0 spiro atoms. The van der Waals surface area contributed by atoms with Crippen molar-refractivity contribution in [3.63, 3.8) is 0 Å². The first-order valence-corrected chi connectivity index (χ1v) is 6.07. The first-order chi connectivity index (χ1) is 9.17. The molecule has 1 atom stereocenters. The van der Waals surface area contributed by atoms with Gasteiger partial charge in [-0.15, -0.1) is 0 Å². The Bertz CT molecular complexity index is 715. The summed E-state index contributed by atoms with van der Waals surface area (Å²) in [5.74, 6) is 1.37. The van der Waals surface area contributed by atoms with Crippen LogP contribution >= 0.6 is 0 Å². The van der Waals surface area contributed by atoms with E-state index in [-0.39, 0.29) is 6.54 Å². The number of benzene rings is 1. The number of H-pyrrole nitrogens is 2. The van der Waals surface area contributed by atoms with Crippen molar-refractivity contribution in [3.8, 4) is 11.3 Å². The molecule has 3 aromatic rings. The fourth-order valence-corrected chi connectivity index (χ4v) is 2.07. The van der Waals surface area contributed by atoms with E-state index in [0.717, 1.165) is 28.1 Å². The number of nitrogens with one attached hydrogen (secondary N) is 2. The van der Waals surface area contributed by atoms with E-state index in [4.69, 9.17) is 5.73 Å². The van der Waals surface area contributed by atoms with Gasteiger partial charge in [0, 0.05) is 12.1 Å². The summed E-state index contributed by atoms with van der Waals surface area (Å²) in [6.07, 6.45) is 0.936. The van der Waals surface area contributed by atoms with E-state index in [9.17, 15) is 5.11 Å². The number of aliphatic hydroxyl groups is 1. The highest BCUT2D eigenvalue weighted by Gasteiger charge is 2.11. The van der Waals surface area contributed by atoms with Gasteiger partial charge in [-0.05, 0) is 19.1 Å². The van der Waals surface area contributed by atoms with Gasteiger partial charge in [-0.25, -0.2) is 9.97 Å².